The summed E-state index contributed by atoms with van der Waals surface area (Å²) in [6.45, 7) is 5.29. The van der Waals surface area contributed by atoms with Crippen molar-refractivity contribution < 1.29 is 9.53 Å². The molecule has 0 aromatic rings. The van der Waals surface area contributed by atoms with E-state index in [0.29, 0.717) is 12.0 Å². The number of carbonyl (C=O) groups is 1. The second-order valence-electron chi connectivity index (χ2n) is 2.94. The summed E-state index contributed by atoms with van der Waals surface area (Å²) in [6.07, 6.45) is 2.07. The average molecular weight is 203 g/mol. The Labute approximate surface area is 83.8 Å². The highest BCUT2D eigenvalue weighted by Crippen LogP contribution is 2.27. The van der Waals surface area contributed by atoms with Crippen molar-refractivity contribution in [1.29, 1.82) is 0 Å². The molecule has 0 aliphatic carbocycles. The second-order valence-corrected chi connectivity index (χ2v) is 4.40. The summed E-state index contributed by atoms with van der Waals surface area (Å²) >= 11 is 1.83. The standard InChI is InChI=1S/C9H17NO2S/c1-3-12-9(11)10-7-5-6-8(10)13-4-2/h8H,3-7H2,1-2H3. The third kappa shape index (κ3) is 2.79. The molecular formula is C9H17NO2S. The maximum atomic E-state index is 11.4. The van der Waals surface area contributed by atoms with Crippen LogP contribution in [0.5, 0.6) is 0 Å². The van der Waals surface area contributed by atoms with Gasteiger partial charge < -0.3 is 4.74 Å². The van der Waals surface area contributed by atoms with E-state index >= 15 is 0 Å². The summed E-state index contributed by atoms with van der Waals surface area (Å²) < 4.78 is 4.98. The van der Waals surface area contributed by atoms with Gasteiger partial charge in [0.2, 0.25) is 0 Å². The van der Waals surface area contributed by atoms with E-state index in [2.05, 4.69) is 6.92 Å². The van der Waals surface area contributed by atoms with E-state index in [-0.39, 0.29) is 6.09 Å². The van der Waals surface area contributed by atoms with Gasteiger partial charge in [0, 0.05) is 6.54 Å². The molecule has 4 heteroatoms. The molecular weight excluding hydrogens is 186 g/mol. The van der Waals surface area contributed by atoms with E-state index < -0.39 is 0 Å². The molecule has 1 saturated heterocycles. The van der Waals surface area contributed by atoms with Crippen LogP contribution in [0, 0.1) is 0 Å². The van der Waals surface area contributed by atoms with Crippen molar-refractivity contribution in [3.8, 4) is 0 Å². The van der Waals surface area contributed by atoms with Crippen molar-refractivity contribution in [2.75, 3.05) is 18.9 Å². The Morgan fingerprint density at radius 2 is 2.38 bits per heavy atom. The average Bonchev–Trinajstić information content (AvgIpc) is 2.54. The third-order valence-corrected chi connectivity index (χ3v) is 3.27. The number of hydrogen-bond acceptors (Lipinski definition) is 3. The minimum Gasteiger partial charge on any atom is -0.450 e. The lowest BCUT2D eigenvalue weighted by molar-refractivity contribution is 0.112. The minimum absolute atomic E-state index is 0.147. The SMILES string of the molecule is CCOC(=O)N1CCCC1SCC. The van der Waals surface area contributed by atoms with Crippen LogP contribution < -0.4 is 0 Å². The third-order valence-electron chi connectivity index (χ3n) is 2.06. The fourth-order valence-corrected chi connectivity index (χ4v) is 2.61. The molecule has 1 rings (SSSR count). The van der Waals surface area contributed by atoms with E-state index in [0.717, 1.165) is 25.1 Å². The first-order valence-corrected chi connectivity index (χ1v) is 5.89. The first-order valence-electron chi connectivity index (χ1n) is 4.84. The Kier molecular flexibility index (Phi) is 4.42. The van der Waals surface area contributed by atoms with E-state index in [1.54, 1.807) is 0 Å². The van der Waals surface area contributed by atoms with Gasteiger partial charge in [-0.25, -0.2) is 4.79 Å². The lowest BCUT2D eigenvalue weighted by Crippen LogP contribution is -2.34. The predicted molar refractivity (Wildman–Crippen MR) is 54.9 cm³/mol. The molecule has 1 aliphatic rings. The summed E-state index contributed by atoms with van der Waals surface area (Å²) in [5.41, 5.74) is 0. The van der Waals surface area contributed by atoms with E-state index in [4.69, 9.17) is 4.74 Å². The van der Waals surface area contributed by atoms with Gasteiger partial charge in [0.1, 0.15) is 0 Å². The van der Waals surface area contributed by atoms with Gasteiger partial charge in [-0.15, -0.1) is 11.8 Å². The maximum Gasteiger partial charge on any atom is 0.410 e. The Bertz CT molecular complexity index is 175. The minimum atomic E-state index is -0.147. The van der Waals surface area contributed by atoms with Gasteiger partial charge in [0.15, 0.2) is 0 Å². The number of likely N-dealkylation sites (tertiary alicyclic amines) is 1. The van der Waals surface area contributed by atoms with Crippen LogP contribution in [-0.4, -0.2) is 35.3 Å². The molecule has 76 valence electrons. The molecule has 1 unspecified atom stereocenters. The molecule has 0 saturated carbocycles. The molecule has 0 aromatic carbocycles. The molecule has 3 nitrogen and oxygen atoms in total. The van der Waals surface area contributed by atoms with Gasteiger partial charge in [-0.1, -0.05) is 6.92 Å². The Balaban J connectivity index is 2.42. The van der Waals surface area contributed by atoms with Crippen molar-refractivity contribution in [1.82, 2.24) is 4.90 Å². The lowest BCUT2D eigenvalue weighted by Gasteiger charge is -2.22. The Hall–Kier alpha value is -0.380. The molecule has 0 radical (unpaired) electrons. The molecule has 1 fully saturated rings. The van der Waals surface area contributed by atoms with Crippen molar-refractivity contribution in [3.63, 3.8) is 0 Å². The number of hydrogen-bond donors (Lipinski definition) is 0. The fourth-order valence-electron chi connectivity index (χ4n) is 1.52. The smallest absolute Gasteiger partial charge is 0.410 e. The number of carbonyl (C=O) groups excluding carboxylic acids is 1. The number of ether oxygens (including phenoxy) is 1. The maximum absolute atomic E-state index is 11.4. The first-order chi connectivity index (χ1) is 6.29. The molecule has 1 heterocycles. The normalized spacial score (nSPS) is 22.0. The van der Waals surface area contributed by atoms with Crippen LogP contribution in [0.2, 0.25) is 0 Å². The lowest BCUT2D eigenvalue weighted by atomic mass is 10.4. The highest BCUT2D eigenvalue weighted by atomic mass is 32.2. The zero-order valence-corrected chi connectivity index (χ0v) is 9.10. The van der Waals surface area contributed by atoms with Gasteiger partial charge in [-0.3, -0.25) is 4.90 Å². The van der Waals surface area contributed by atoms with Crippen molar-refractivity contribution in [2.24, 2.45) is 0 Å². The molecule has 1 atom stereocenters. The van der Waals surface area contributed by atoms with Crippen LogP contribution in [0.1, 0.15) is 26.7 Å². The number of thioether (sulfide) groups is 1. The zero-order valence-electron chi connectivity index (χ0n) is 8.28. The molecule has 0 aromatic heterocycles. The first kappa shape index (κ1) is 10.7. The molecule has 0 N–H and O–H groups in total. The summed E-state index contributed by atoms with van der Waals surface area (Å²) in [5.74, 6) is 1.06. The fraction of sp³-hybridized carbons (Fsp3) is 0.889. The van der Waals surface area contributed by atoms with Crippen LogP contribution in [0.25, 0.3) is 0 Å². The zero-order chi connectivity index (χ0) is 9.68. The number of amides is 1. The van der Waals surface area contributed by atoms with Gasteiger partial charge in [0.05, 0.1) is 12.0 Å². The largest absolute Gasteiger partial charge is 0.450 e. The summed E-state index contributed by atoms with van der Waals surface area (Å²) in [7, 11) is 0. The van der Waals surface area contributed by atoms with Crippen molar-refractivity contribution in [3.05, 3.63) is 0 Å². The van der Waals surface area contributed by atoms with Crippen molar-refractivity contribution >= 4 is 17.9 Å². The van der Waals surface area contributed by atoms with Crippen molar-refractivity contribution in [2.45, 2.75) is 32.1 Å². The van der Waals surface area contributed by atoms with Gasteiger partial charge in [-0.05, 0) is 25.5 Å². The summed E-state index contributed by atoms with van der Waals surface area (Å²) in [6, 6.07) is 0. The molecule has 13 heavy (non-hydrogen) atoms. The summed E-state index contributed by atoms with van der Waals surface area (Å²) in [4.78, 5) is 13.3. The van der Waals surface area contributed by atoms with Crippen LogP contribution in [0.15, 0.2) is 0 Å². The number of rotatable bonds is 3. The quantitative estimate of drug-likeness (QED) is 0.705. The van der Waals surface area contributed by atoms with Gasteiger partial charge in [0.25, 0.3) is 0 Å². The van der Waals surface area contributed by atoms with E-state index in [1.165, 1.54) is 0 Å². The molecule has 0 bridgehead atoms. The predicted octanol–water partition coefficient (Wildman–Crippen LogP) is 2.32. The van der Waals surface area contributed by atoms with E-state index in [1.807, 2.05) is 23.6 Å². The topological polar surface area (TPSA) is 29.5 Å². The summed E-state index contributed by atoms with van der Waals surface area (Å²) in [5, 5.41) is 0.351. The van der Waals surface area contributed by atoms with Gasteiger partial charge >= 0.3 is 6.09 Å². The van der Waals surface area contributed by atoms with Crippen LogP contribution in [-0.2, 0) is 4.74 Å². The Morgan fingerprint density at radius 3 is 3.00 bits per heavy atom. The van der Waals surface area contributed by atoms with Crippen LogP contribution >= 0.6 is 11.8 Å². The highest BCUT2D eigenvalue weighted by molar-refractivity contribution is 7.99. The highest BCUT2D eigenvalue weighted by Gasteiger charge is 2.29. The van der Waals surface area contributed by atoms with Crippen LogP contribution in [0.4, 0.5) is 4.79 Å². The molecule has 1 amide bonds. The molecule has 0 spiro atoms. The monoisotopic (exact) mass is 203 g/mol. The number of nitrogens with zero attached hydrogens (tertiary/aromatic N) is 1. The van der Waals surface area contributed by atoms with E-state index in [9.17, 15) is 4.79 Å². The Morgan fingerprint density at radius 1 is 1.62 bits per heavy atom. The molecule has 1 aliphatic heterocycles. The van der Waals surface area contributed by atoms with Gasteiger partial charge in [-0.2, -0.15) is 0 Å². The second kappa shape index (κ2) is 5.37. The van der Waals surface area contributed by atoms with Crippen LogP contribution in [0.3, 0.4) is 0 Å².